The number of amides is 2. The lowest BCUT2D eigenvalue weighted by Gasteiger charge is -2.13. The second kappa shape index (κ2) is 7.36. The number of nitrogens with one attached hydrogen (secondary N) is 1. The van der Waals surface area contributed by atoms with Crippen LogP contribution >= 0.6 is 11.3 Å². The highest BCUT2D eigenvalue weighted by molar-refractivity contribution is 7.18. The van der Waals surface area contributed by atoms with Crippen LogP contribution in [0.2, 0.25) is 0 Å². The van der Waals surface area contributed by atoms with E-state index < -0.39 is 0 Å². The minimum Gasteiger partial charge on any atom is -0.447 e. The summed E-state index contributed by atoms with van der Waals surface area (Å²) in [6.07, 6.45) is -0.350. The van der Waals surface area contributed by atoms with Crippen molar-refractivity contribution < 1.29 is 14.3 Å². The van der Waals surface area contributed by atoms with Crippen molar-refractivity contribution >= 4 is 39.2 Å². The Labute approximate surface area is 160 Å². The molecule has 2 aromatic carbocycles. The van der Waals surface area contributed by atoms with Crippen molar-refractivity contribution in [2.75, 3.05) is 24.6 Å². The lowest BCUT2D eigenvalue weighted by Crippen LogP contribution is -2.27. The number of ether oxygens (including phenoxy) is 1. The van der Waals surface area contributed by atoms with Gasteiger partial charge < -0.3 is 10.1 Å². The average Bonchev–Trinajstić information content (AvgIpc) is 3.32. The van der Waals surface area contributed by atoms with Gasteiger partial charge >= 0.3 is 6.09 Å². The Morgan fingerprint density at radius 1 is 1.26 bits per heavy atom. The van der Waals surface area contributed by atoms with Crippen LogP contribution in [0.4, 0.5) is 10.5 Å². The molecule has 3 aromatic rings. The molecule has 4 rings (SSSR count). The first kappa shape index (κ1) is 17.5. The van der Waals surface area contributed by atoms with E-state index in [0.29, 0.717) is 25.3 Å². The molecule has 0 saturated carbocycles. The molecule has 0 radical (unpaired) electrons. The third-order valence-electron chi connectivity index (χ3n) is 4.50. The predicted molar refractivity (Wildman–Crippen MR) is 106 cm³/mol. The standard InChI is InChI=1S/C20H19N3O3S/c1-13(19-22-16-4-2-3-5-17(16)27-19)12-21-18(24)14-6-8-15(9-7-14)23-10-11-26-20(23)25/h2-9,13H,10-12H2,1H3,(H,21,24). The maximum atomic E-state index is 12.4. The van der Waals surface area contributed by atoms with Crippen LogP contribution in [0, 0.1) is 0 Å². The smallest absolute Gasteiger partial charge is 0.414 e. The average molecular weight is 381 g/mol. The van der Waals surface area contributed by atoms with Gasteiger partial charge in [-0.2, -0.15) is 0 Å². The molecule has 1 fully saturated rings. The molecule has 138 valence electrons. The van der Waals surface area contributed by atoms with Gasteiger partial charge in [0.2, 0.25) is 0 Å². The van der Waals surface area contributed by atoms with E-state index in [4.69, 9.17) is 4.74 Å². The lowest BCUT2D eigenvalue weighted by atomic mass is 10.1. The molecule has 1 aliphatic rings. The summed E-state index contributed by atoms with van der Waals surface area (Å²) in [6, 6.07) is 15.0. The molecule has 2 heterocycles. The van der Waals surface area contributed by atoms with Crippen LogP contribution < -0.4 is 10.2 Å². The van der Waals surface area contributed by atoms with Gasteiger partial charge in [0, 0.05) is 23.7 Å². The molecule has 27 heavy (non-hydrogen) atoms. The molecule has 0 aliphatic carbocycles. The molecule has 1 unspecified atom stereocenters. The number of para-hydroxylation sites is 1. The molecule has 2 amide bonds. The van der Waals surface area contributed by atoms with Gasteiger partial charge in [-0.15, -0.1) is 11.3 Å². The maximum absolute atomic E-state index is 12.4. The van der Waals surface area contributed by atoms with Gasteiger partial charge in [0.1, 0.15) is 6.61 Å². The second-order valence-corrected chi connectivity index (χ2v) is 7.51. The van der Waals surface area contributed by atoms with Gasteiger partial charge in [-0.05, 0) is 36.4 Å². The van der Waals surface area contributed by atoms with Gasteiger partial charge in [0.05, 0.1) is 21.8 Å². The molecule has 1 saturated heterocycles. The number of hydrogen-bond acceptors (Lipinski definition) is 5. The SMILES string of the molecule is CC(CNC(=O)c1ccc(N2CCOC2=O)cc1)c1nc2ccccc2s1. The van der Waals surface area contributed by atoms with Gasteiger partial charge in [-0.25, -0.2) is 9.78 Å². The first-order valence-corrected chi connectivity index (χ1v) is 9.61. The summed E-state index contributed by atoms with van der Waals surface area (Å²) in [7, 11) is 0. The Morgan fingerprint density at radius 3 is 2.74 bits per heavy atom. The summed E-state index contributed by atoms with van der Waals surface area (Å²) >= 11 is 1.66. The summed E-state index contributed by atoms with van der Waals surface area (Å²) in [4.78, 5) is 30.2. The van der Waals surface area contributed by atoms with Crippen molar-refractivity contribution in [2.45, 2.75) is 12.8 Å². The molecule has 1 N–H and O–H groups in total. The minimum absolute atomic E-state index is 0.130. The highest BCUT2D eigenvalue weighted by Crippen LogP contribution is 2.27. The summed E-state index contributed by atoms with van der Waals surface area (Å²) in [5.41, 5.74) is 2.28. The highest BCUT2D eigenvalue weighted by Gasteiger charge is 2.23. The number of carbonyl (C=O) groups excluding carboxylic acids is 2. The van der Waals surface area contributed by atoms with Gasteiger partial charge in [-0.1, -0.05) is 19.1 Å². The Kier molecular flexibility index (Phi) is 4.77. The molecule has 7 heteroatoms. The maximum Gasteiger partial charge on any atom is 0.414 e. The Balaban J connectivity index is 1.37. The third-order valence-corrected chi connectivity index (χ3v) is 5.77. The molecule has 1 aliphatic heterocycles. The number of carbonyl (C=O) groups is 2. The zero-order valence-corrected chi connectivity index (χ0v) is 15.7. The lowest BCUT2D eigenvalue weighted by molar-refractivity contribution is 0.0951. The van der Waals surface area contributed by atoms with Crippen molar-refractivity contribution in [3.05, 3.63) is 59.1 Å². The molecule has 6 nitrogen and oxygen atoms in total. The molecule has 0 spiro atoms. The number of thiazole rings is 1. The van der Waals surface area contributed by atoms with E-state index in [1.807, 2.05) is 18.2 Å². The summed E-state index contributed by atoms with van der Waals surface area (Å²) in [5, 5.41) is 3.98. The number of anilines is 1. The van der Waals surface area contributed by atoms with E-state index in [1.165, 1.54) is 0 Å². The zero-order valence-electron chi connectivity index (χ0n) is 14.8. The van der Waals surface area contributed by atoms with E-state index >= 15 is 0 Å². The Morgan fingerprint density at radius 2 is 2.04 bits per heavy atom. The number of hydrogen-bond donors (Lipinski definition) is 1. The van der Waals surface area contributed by atoms with Crippen LogP contribution in [-0.4, -0.2) is 36.7 Å². The summed E-state index contributed by atoms with van der Waals surface area (Å²) in [6.45, 7) is 3.49. The molecule has 1 aromatic heterocycles. The van der Waals surface area contributed by atoms with Crippen LogP contribution in [0.1, 0.15) is 28.2 Å². The van der Waals surface area contributed by atoms with Crippen LogP contribution in [0.3, 0.4) is 0 Å². The van der Waals surface area contributed by atoms with Gasteiger partial charge in [0.15, 0.2) is 0 Å². The van der Waals surface area contributed by atoms with Crippen molar-refractivity contribution in [2.24, 2.45) is 0 Å². The number of cyclic esters (lactones) is 1. The number of fused-ring (bicyclic) bond motifs is 1. The first-order chi connectivity index (χ1) is 13.1. The molecule has 1 atom stereocenters. The fraction of sp³-hybridized carbons (Fsp3) is 0.250. The van der Waals surface area contributed by atoms with Gasteiger partial charge in [-0.3, -0.25) is 9.69 Å². The largest absolute Gasteiger partial charge is 0.447 e. The normalized spacial score (nSPS) is 15.0. The molecular weight excluding hydrogens is 362 g/mol. The van der Waals surface area contributed by atoms with E-state index in [9.17, 15) is 9.59 Å². The quantitative estimate of drug-likeness (QED) is 0.730. The van der Waals surface area contributed by atoms with Crippen LogP contribution in [0.15, 0.2) is 48.5 Å². The van der Waals surface area contributed by atoms with E-state index in [1.54, 1.807) is 40.5 Å². The van der Waals surface area contributed by atoms with Crippen molar-refractivity contribution in [1.29, 1.82) is 0 Å². The van der Waals surface area contributed by atoms with E-state index in [0.717, 1.165) is 20.9 Å². The van der Waals surface area contributed by atoms with Crippen LogP contribution in [0.25, 0.3) is 10.2 Å². The van der Waals surface area contributed by atoms with Crippen LogP contribution in [-0.2, 0) is 4.74 Å². The van der Waals surface area contributed by atoms with E-state index in [2.05, 4.69) is 23.3 Å². The Bertz CT molecular complexity index is 951. The first-order valence-electron chi connectivity index (χ1n) is 8.80. The monoisotopic (exact) mass is 381 g/mol. The topological polar surface area (TPSA) is 71.5 Å². The zero-order chi connectivity index (χ0) is 18.8. The van der Waals surface area contributed by atoms with Crippen LogP contribution in [0.5, 0.6) is 0 Å². The molecule has 0 bridgehead atoms. The number of nitrogens with zero attached hydrogens (tertiary/aromatic N) is 2. The third kappa shape index (κ3) is 3.64. The highest BCUT2D eigenvalue weighted by atomic mass is 32.1. The van der Waals surface area contributed by atoms with Crippen molar-refractivity contribution in [3.63, 3.8) is 0 Å². The van der Waals surface area contributed by atoms with Crippen molar-refractivity contribution in [3.8, 4) is 0 Å². The minimum atomic E-state index is -0.350. The number of rotatable bonds is 5. The fourth-order valence-electron chi connectivity index (χ4n) is 2.96. The Hall–Kier alpha value is -2.93. The fourth-order valence-corrected chi connectivity index (χ4v) is 3.98. The number of benzene rings is 2. The van der Waals surface area contributed by atoms with Crippen molar-refractivity contribution in [1.82, 2.24) is 10.3 Å². The summed E-state index contributed by atoms with van der Waals surface area (Å²) in [5.74, 6) is -0.0106. The van der Waals surface area contributed by atoms with Gasteiger partial charge in [0.25, 0.3) is 5.91 Å². The summed E-state index contributed by atoms with van der Waals surface area (Å²) < 4.78 is 6.08. The second-order valence-electron chi connectivity index (χ2n) is 6.44. The molecular formula is C20H19N3O3S. The number of aromatic nitrogens is 1. The predicted octanol–water partition coefficient (Wildman–Crippen LogP) is 3.79. The van der Waals surface area contributed by atoms with E-state index in [-0.39, 0.29) is 17.9 Å².